The summed E-state index contributed by atoms with van der Waals surface area (Å²) in [4.78, 5) is 14.9. The predicted octanol–water partition coefficient (Wildman–Crippen LogP) is 3.42. The monoisotopic (exact) mass is 263 g/mol. The first-order chi connectivity index (χ1) is 8.75. The second-order valence-electron chi connectivity index (χ2n) is 4.58. The van der Waals surface area contributed by atoms with Crippen molar-refractivity contribution >= 4 is 32.9 Å². The minimum absolute atomic E-state index is 0.101. The molecule has 1 fully saturated rings. The summed E-state index contributed by atoms with van der Waals surface area (Å²) in [6, 6.07) is 3.67. The molecule has 1 aromatic carbocycles. The van der Waals surface area contributed by atoms with Crippen LogP contribution in [0.1, 0.15) is 19.3 Å². The van der Waals surface area contributed by atoms with E-state index in [1.165, 1.54) is 24.2 Å². The molecule has 0 radical (unpaired) electrons. The zero-order valence-corrected chi connectivity index (χ0v) is 10.6. The molecule has 2 aromatic rings. The number of anilines is 1. The van der Waals surface area contributed by atoms with Crippen LogP contribution < -0.4 is 5.32 Å². The van der Waals surface area contributed by atoms with Crippen LogP contribution >= 0.6 is 11.3 Å². The largest absolute Gasteiger partial charge is 0.379 e. The van der Waals surface area contributed by atoms with Crippen molar-refractivity contribution in [1.82, 2.24) is 4.98 Å². The number of fused-ring (bicyclic) bond motifs is 1. The van der Waals surface area contributed by atoms with Crippen LogP contribution in [0.25, 0.3) is 10.2 Å². The van der Waals surface area contributed by atoms with Gasteiger partial charge in [-0.2, -0.15) is 0 Å². The van der Waals surface area contributed by atoms with Crippen LogP contribution in [0.2, 0.25) is 0 Å². The van der Waals surface area contributed by atoms with E-state index in [9.17, 15) is 10.1 Å². The standard InChI is InChI=1S/C12H13N3O2S/c16-15(17)12-9(13-6-5-8-1-2-8)3-4-10-11(12)14-7-18-10/h3-4,7-8,13H,1-2,5-6H2. The van der Waals surface area contributed by atoms with E-state index in [4.69, 9.17) is 0 Å². The zero-order chi connectivity index (χ0) is 12.5. The van der Waals surface area contributed by atoms with Gasteiger partial charge in [0.1, 0.15) is 5.69 Å². The lowest BCUT2D eigenvalue weighted by Crippen LogP contribution is -2.05. The summed E-state index contributed by atoms with van der Waals surface area (Å²) in [5.41, 5.74) is 2.82. The Morgan fingerprint density at radius 2 is 2.33 bits per heavy atom. The predicted molar refractivity (Wildman–Crippen MR) is 72.1 cm³/mol. The van der Waals surface area contributed by atoms with Gasteiger partial charge < -0.3 is 5.32 Å². The van der Waals surface area contributed by atoms with E-state index >= 15 is 0 Å². The average Bonchev–Trinajstić information content (AvgIpc) is 3.04. The lowest BCUT2D eigenvalue weighted by molar-refractivity contribution is -0.382. The molecule has 1 aromatic heterocycles. The molecule has 1 heterocycles. The first-order valence-corrected chi connectivity index (χ1v) is 6.88. The number of nitrogens with zero attached hydrogens (tertiary/aromatic N) is 2. The van der Waals surface area contributed by atoms with Gasteiger partial charge in [-0.05, 0) is 24.5 Å². The van der Waals surface area contributed by atoms with Crippen LogP contribution in [0.4, 0.5) is 11.4 Å². The fourth-order valence-electron chi connectivity index (χ4n) is 2.06. The van der Waals surface area contributed by atoms with E-state index in [2.05, 4.69) is 10.3 Å². The average molecular weight is 263 g/mol. The van der Waals surface area contributed by atoms with Crippen molar-refractivity contribution in [3.8, 4) is 0 Å². The van der Waals surface area contributed by atoms with Gasteiger partial charge in [-0.1, -0.05) is 12.8 Å². The van der Waals surface area contributed by atoms with Gasteiger partial charge in [0.2, 0.25) is 0 Å². The Hall–Kier alpha value is -1.69. The molecule has 1 saturated carbocycles. The second-order valence-corrected chi connectivity index (χ2v) is 5.46. The van der Waals surface area contributed by atoms with Gasteiger partial charge in [0.15, 0.2) is 5.52 Å². The number of nitro groups is 1. The van der Waals surface area contributed by atoms with E-state index in [0.717, 1.165) is 23.6 Å². The van der Waals surface area contributed by atoms with Gasteiger partial charge >= 0.3 is 5.69 Å². The Bertz CT molecular complexity index is 592. The molecule has 3 rings (SSSR count). The lowest BCUT2D eigenvalue weighted by Gasteiger charge is -2.06. The van der Waals surface area contributed by atoms with Crippen LogP contribution in [0.15, 0.2) is 17.6 Å². The SMILES string of the molecule is O=[N+]([O-])c1c(NCCC2CC2)ccc2scnc12. The minimum Gasteiger partial charge on any atom is -0.379 e. The minimum atomic E-state index is -0.346. The number of thiazole rings is 1. The maximum absolute atomic E-state index is 11.2. The molecule has 5 nitrogen and oxygen atoms in total. The Morgan fingerprint density at radius 1 is 1.50 bits per heavy atom. The molecule has 1 N–H and O–H groups in total. The van der Waals surface area contributed by atoms with E-state index in [-0.39, 0.29) is 10.6 Å². The number of benzene rings is 1. The Kier molecular flexibility index (Phi) is 2.87. The number of hydrogen-bond donors (Lipinski definition) is 1. The van der Waals surface area contributed by atoms with Gasteiger partial charge in [-0.15, -0.1) is 11.3 Å². The normalized spacial score (nSPS) is 14.9. The van der Waals surface area contributed by atoms with Crippen molar-refractivity contribution in [1.29, 1.82) is 0 Å². The molecule has 6 heteroatoms. The van der Waals surface area contributed by atoms with Crippen molar-refractivity contribution in [3.63, 3.8) is 0 Å². The highest BCUT2D eigenvalue weighted by Crippen LogP contribution is 2.35. The molecule has 0 atom stereocenters. The quantitative estimate of drug-likeness (QED) is 0.663. The summed E-state index contributed by atoms with van der Waals surface area (Å²) < 4.78 is 0.856. The third-order valence-corrected chi connectivity index (χ3v) is 4.02. The summed E-state index contributed by atoms with van der Waals surface area (Å²) in [6.07, 6.45) is 3.69. The highest BCUT2D eigenvalue weighted by molar-refractivity contribution is 7.16. The number of aromatic nitrogens is 1. The molecule has 0 spiro atoms. The summed E-state index contributed by atoms with van der Waals surface area (Å²) in [5.74, 6) is 0.819. The second kappa shape index (κ2) is 4.53. The molecule has 94 valence electrons. The number of rotatable bonds is 5. The topological polar surface area (TPSA) is 68.1 Å². The first-order valence-electron chi connectivity index (χ1n) is 6.00. The maximum atomic E-state index is 11.2. The molecular weight excluding hydrogens is 250 g/mol. The van der Waals surface area contributed by atoms with E-state index in [1.54, 1.807) is 11.6 Å². The maximum Gasteiger partial charge on any atom is 0.319 e. The molecule has 0 amide bonds. The molecule has 18 heavy (non-hydrogen) atoms. The van der Waals surface area contributed by atoms with E-state index in [1.807, 2.05) is 6.07 Å². The summed E-state index contributed by atoms with van der Waals surface area (Å²) in [5, 5.41) is 14.3. The van der Waals surface area contributed by atoms with Crippen LogP contribution in [-0.2, 0) is 0 Å². The third kappa shape index (κ3) is 2.15. The first kappa shape index (κ1) is 11.4. The molecule has 0 saturated heterocycles. The third-order valence-electron chi connectivity index (χ3n) is 3.22. The van der Waals surface area contributed by atoms with Crippen molar-refractivity contribution in [2.24, 2.45) is 5.92 Å². The molecule has 1 aliphatic rings. The summed E-state index contributed by atoms with van der Waals surface area (Å²) >= 11 is 1.42. The highest BCUT2D eigenvalue weighted by Gasteiger charge is 2.23. The summed E-state index contributed by atoms with van der Waals surface area (Å²) in [7, 11) is 0. The van der Waals surface area contributed by atoms with Gasteiger partial charge in [0.25, 0.3) is 0 Å². The molecule has 0 aliphatic heterocycles. The van der Waals surface area contributed by atoms with Gasteiger partial charge in [-0.25, -0.2) is 4.98 Å². The number of nitrogens with one attached hydrogen (secondary N) is 1. The zero-order valence-electron chi connectivity index (χ0n) is 9.76. The van der Waals surface area contributed by atoms with E-state index in [0.29, 0.717) is 11.2 Å². The number of hydrogen-bond acceptors (Lipinski definition) is 5. The molecule has 0 bridgehead atoms. The Morgan fingerprint density at radius 3 is 3.06 bits per heavy atom. The fourth-order valence-corrected chi connectivity index (χ4v) is 2.74. The van der Waals surface area contributed by atoms with Crippen LogP contribution in [0, 0.1) is 16.0 Å². The molecular formula is C12H13N3O2S. The van der Waals surface area contributed by atoms with Crippen LogP contribution in [0.3, 0.4) is 0 Å². The van der Waals surface area contributed by atoms with Crippen LogP contribution in [0.5, 0.6) is 0 Å². The molecule has 0 unspecified atom stereocenters. The Labute approximate surface area is 108 Å². The van der Waals surface area contributed by atoms with Crippen molar-refractivity contribution in [2.75, 3.05) is 11.9 Å². The fraction of sp³-hybridized carbons (Fsp3) is 0.417. The van der Waals surface area contributed by atoms with Gasteiger partial charge in [0, 0.05) is 6.54 Å². The highest BCUT2D eigenvalue weighted by atomic mass is 32.1. The van der Waals surface area contributed by atoms with E-state index < -0.39 is 0 Å². The van der Waals surface area contributed by atoms with Crippen LogP contribution in [-0.4, -0.2) is 16.5 Å². The van der Waals surface area contributed by atoms with Crippen molar-refractivity contribution < 1.29 is 4.92 Å². The van der Waals surface area contributed by atoms with Crippen molar-refractivity contribution in [3.05, 3.63) is 27.8 Å². The van der Waals surface area contributed by atoms with Crippen molar-refractivity contribution in [2.45, 2.75) is 19.3 Å². The summed E-state index contributed by atoms with van der Waals surface area (Å²) in [6.45, 7) is 0.793. The van der Waals surface area contributed by atoms with Gasteiger partial charge in [-0.3, -0.25) is 10.1 Å². The smallest absolute Gasteiger partial charge is 0.319 e. The number of nitro benzene ring substituents is 1. The van der Waals surface area contributed by atoms with Gasteiger partial charge in [0.05, 0.1) is 15.1 Å². The Balaban J connectivity index is 1.88. The lowest BCUT2D eigenvalue weighted by atomic mass is 10.2. The molecule has 1 aliphatic carbocycles.